The van der Waals surface area contributed by atoms with Gasteiger partial charge in [0.05, 0.1) is 23.0 Å². The monoisotopic (exact) mass is 431 g/mol. The van der Waals surface area contributed by atoms with Crippen LogP contribution in [-0.4, -0.2) is 47.0 Å². The van der Waals surface area contributed by atoms with E-state index in [1.165, 1.54) is 6.92 Å². The van der Waals surface area contributed by atoms with E-state index in [9.17, 15) is 14.4 Å². The summed E-state index contributed by atoms with van der Waals surface area (Å²) in [5, 5.41) is 3.25. The third-order valence-electron chi connectivity index (χ3n) is 5.76. The maximum absolute atomic E-state index is 13.3. The second-order valence-corrected chi connectivity index (χ2v) is 7.79. The average molecular weight is 431 g/mol. The van der Waals surface area contributed by atoms with Gasteiger partial charge in [-0.15, -0.1) is 0 Å². The number of nitrogens with zero attached hydrogens (tertiary/aromatic N) is 2. The van der Waals surface area contributed by atoms with E-state index in [0.29, 0.717) is 35.9 Å². The van der Waals surface area contributed by atoms with Crippen LogP contribution >= 0.6 is 0 Å². The van der Waals surface area contributed by atoms with Crippen molar-refractivity contribution in [2.24, 2.45) is 0 Å². The average Bonchev–Trinajstić information content (AvgIpc) is 3.54. The molecule has 0 saturated carbocycles. The number of aromatic nitrogens is 1. The number of amides is 3. The molecule has 1 aliphatic heterocycles. The Morgan fingerprint density at radius 2 is 2.06 bits per heavy atom. The summed E-state index contributed by atoms with van der Waals surface area (Å²) in [5.41, 5.74) is 3.60. The molecule has 3 aromatic rings. The van der Waals surface area contributed by atoms with Crippen LogP contribution in [0.4, 0.5) is 4.79 Å². The minimum Gasteiger partial charge on any atom is -0.465 e. The predicted molar refractivity (Wildman–Crippen MR) is 117 cm³/mol. The second-order valence-electron chi connectivity index (χ2n) is 7.79. The second kappa shape index (κ2) is 7.96. The molecule has 1 N–H and O–H groups in total. The molecule has 5 rings (SSSR count). The van der Waals surface area contributed by atoms with Crippen molar-refractivity contribution in [3.63, 3.8) is 0 Å². The van der Waals surface area contributed by atoms with E-state index in [2.05, 4.69) is 5.32 Å². The number of allylic oxidation sites excluding steroid dienone is 1. The molecule has 0 spiro atoms. The van der Waals surface area contributed by atoms with Crippen LogP contribution in [0, 0.1) is 0 Å². The van der Waals surface area contributed by atoms with Crippen molar-refractivity contribution in [1.29, 1.82) is 0 Å². The summed E-state index contributed by atoms with van der Waals surface area (Å²) in [7, 11) is 0. The number of carbonyl (C=O) groups excluding carboxylic acids is 3. The number of hydrogen-bond acceptors (Lipinski definition) is 6. The number of rotatable bonds is 4. The summed E-state index contributed by atoms with van der Waals surface area (Å²) in [5.74, 6) is -0.420. The maximum Gasteiger partial charge on any atom is 0.339 e. The van der Waals surface area contributed by atoms with Crippen molar-refractivity contribution in [3.8, 4) is 0 Å². The molecule has 1 saturated heterocycles. The molecule has 162 valence electrons. The van der Waals surface area contributed by atoms with Crippen LogP contribution in [0.5, 0.6) is 0 Å². The van der Waals surface area contributed by atoms with Crippen LogP contribution in [0.3, 0.4) is 0 Å². The van der Waals surface area contributed by atoms with Crippen LogP contribution in [-0.2, 0) is 16.0 Å². The molecule has 1 aromatic carbocycles. The fraction of sp³-hybridized carbons (Fsp3) is 0.250. The summed E-state index contributed by atoms with van der Waals surface area (Å²) < 4.78 is 11.0. The van der Waals surface area contributed by atoms with Crippen molar-refractivity contribution in [1.82, 2.24) is 15.2 Å². The smallest absolute Gasteiger partial charge is 0.339 e. The molecule has 1 aliphatic carbocycles. The van der Waals surface area contributed by atoms with Crippen LogP contribution in [0.25, 0.3) is 22.6 Å². The molecule has 8 nitrogen and oxygen atoms in total. The molecule has 3 heterocycles. The summed E-state index contributed by atoms with van der Waals surface area (Å²) in [6.45, 7) is 2.13. The molecule has 2 aromatic heterocycles. The van der Waals surface area contributed by atoms with Crippen molar-refractivity contribution < 1.29 is 23.5 Å². The van der Waals surface area contributed by atoms with E-state index in [1.807, 2.05) is 42.5 Å². The topological polar surface area (TPSA) is 102 Å². The third-order valence-corrected chi connectivity index (χ3v) is 5.76. The number of benzene rings is 1. The number of urea groups is 1. The molecule has 2 aliphatic rings. The highest BCUT2D eigenvalue weighted by Gasteiger charge is 2.34. The molecule has 0 bridgehead atoms. The molecule has 3 amide bonds. The standard InChI is InChI=1S/C24H21N3O5/c1-14(22(28)27-11-10-25-24(27)30)32-23(29)20-17-6-2-3-7-19(17)26-21-15(8-9-18(20)21)13-16-5-4-12-31-16/h2-7,12-14H,8-11H2,1H3,(H,25,30)/b15-13+. The van der Waals surface area contributed by atoms with Gasteiger partial charge in [0.25, 0.3) is 5.91 Å². The van der Waals surface area contributed by atoms with Crippen LogP contribution < -0.4 is 5.32 Å². The van der Waals surface area contributed by atoms with E-state index in [-0.39, 0.29) is 6.54 Å². The Bertz CT molecular complexity index is 1260. The van der Waals surface area contributed by atoms with Crippen LogP contribution in [0.2, 0.25) is 0 Å². The largest absolute Gasteiger partial charge is 0.465 e. The van der Waals surface area contributed by atoms with Gasteiger partial charge < -0.3 is 14.5 Å². The Kier molecular flexibility index (Phi) is 4.97. The van der Waals surface area contributed by atoms with Crippen molar-refractivity contribution in [2.75, 3.05) is 13.1 Å². The number of nitrogens with one attached hydrogen (secondary N) is 1. The highest BCUT2D eigenvalue weighted by Crippen LogP contribution is 2.38. The fourth-order valence-corrected chi connectivity index (χ4v) is 4.23. The number of esters is 1. The van der Waals surface area contributed by atoms with E-state index < -0.39 is 24.0 Å². The first-order chi connectivity index (χ1) is 15.5. The van der Waals surface area contributed by atoms with Gasteiger partial charge in [0, 0.05) is 18.5 Å². The maximum atomic E-state index is 13.3. The first-order valence-corrected chi connectivity index (χ1v) is 10.5. The number of ether oxygens (including phenoxy) is 1. The van der Waals surface area contributed by atoms with Crippen molar-refractivity contribution in [2.45, 2.75) is 25.9 Å². The number of pyridine rings is 1. The quantitative estimate of drug-likeness (QED) is 0.635. The minimum absolute atomic E-state index is 0.258. The molecule has 1 fully saturated rings. The molecule has 0 radical (unpaired) electrons. The normalized spacial score (nSPS) is 17.5. The van der Waals surface area contributed by atoms with Gasteiger partial charge in [-0.25, -0.2) is 14.6 Å². The zero-order valence-corrected chi connectivity index (χ0v) is 17.5. The number of furan rings is 1. The van der Waals surface area contributed by atoms with E-state index in [4.69, 9.17) is 14.1 Å². The lowest BCUT2D eigenvalue weighted by Gasteiger charge is -2.19. The SMILES string of the molecule is CC(OC(=O)c1c2c(nc3ccccc13)/C(=C/c1ccco1)CC2)C(=O)N1CCNC1=O. The minimum atomic E-state index is -1.09. The van der Waals surface area contributed by atoms with Gasteiger partial charge in [-0.1, -0.05) is 18.2 Å². The lowest BCUT2D eigenvalue weighted by molar-refractivity contribution is -0.136. The summed E-state index contributed by atoms with van der Waals surface area (Å²) in [6, 6.07) is 10.6. The number of para-hydroxylation sites is 1. The van der Waals surface area contributed by atoms with Gasteiger partial charge in [-0.05, 0) is 55.2 Å². The van der Waals surface area contributed by atoms with Crippen molar-refractivity contribution in [3.05, 3.63) is 65.2 Å². The fourth-order valence-electron chi connectivity index (χ4n) is 4.23. The number of fused-ring (bicyclic) bond motifs is 2. The number of hydrogen-bond donors (Lipinski definition) is 1. The Hall–Kier alpha value is -3.94. The molecule has 1 unspecified atom stereocenters. The number of imide groups is 1. The number of carbonyl (C=O) groups is 3. The van der Waals surface area contributed by atoms with E-state index in [0.717, 1.165) is 27.5 Å². The van der Waals surface area contributed by atoms with Gasteiger partial charge in [-0.2, -0.15) is 0 Å². The summed E-state index contributed by atoms with van der Waals surface area (Å²) >= 11 is 0. The Labute approximate surface area is 183 Å². The van der Waals surface area contributed by atoms with Gasteiger partial charge in [-0.3, -0.25) is 9.69 Å². The molecular formula is C24H21N3O5. The molecule has 1 atom stereocenters. The zero-order chi connectivity index (χ0) is 22.2. The van der Waals surface area contributed by atoms with E-state index in [1.54, 1.807) is 6.26 Å². The first-order valence-electron chi connectivity index (χ1n) is 10.5. The Balaban J connectivity index is 1.51. The van der Waals surface area contributed by atoms with Gasteiger partial charge >= 0.3 is 12.0 Å². The lowest BCUT2D eigenvalue weighted by atomic mass is 10.0. The van der Waals surface area contributed by atoms with Crippen LogP contribution in [0.15, 0.2) is 47.1 Å². The Morgan fingerprint density at radius 3 is 2.81 bits per heavy atom. The summed E-state index contributed by atoms with van der Waals surface area (Å²) in [6.07, 6.45) is 3.79. The van der Waals surface area contributed by atoms with Gasteiger partial charge in [0.1, 0.15) is 5.76 Å². The highest BCUT2D eigenvalue weighted by atomic mass is 16.5. The molecular weight excluding hydrogens is 410 g/mol. The van der Waals surface area contributed by atoms with E-state index >= 15 is 0 Å². The summed E-state index contributed by atoms with van der Waals surface area (Å²) in [4.78, 5) is 43.6. The van der Waals surface area contributed by atoms with Crippen molar-refractivity contribution >= 4 is 40.5 Å². The van der Waals surface area contributed by atoms with Gasteiger partial charge in [0.2, 0.25) is 0 Å². The Morgan fingerprint density at radius 1 is 1.22 bits per heavy atom. The highest BCUT2D eigenvalue weighted by molar-refractivity contribution is 6.08. The third kappa shape index (κ3) is 3.43. The molecule has 32 heavy (non-hydrogen) atoms. The van der Waals surface area contributed by atoms with Gasteiger partial charge in [0.15, 0.2) is 6.10 Å². The zero-order valence-electron chi connectivity index (χ0n) is 17.5. The van der Waals surface area contributed by atoms with Crippen LogP contribution in [0.1, 0.15) is 40.7 Å². The predicted octanol–water partition coefficient (Wildman–Crippen LogP) is 3.41. The molecule has 8 heteroatoms. The first kappa shape index (κ1) is 20.0. The lowest BCUT2D eigenvalue weighted by Crippen LogP contribution is -2.41.